The SMILES string of the molecule is O=C(C[C@H](NC(=O)c1ccccc1Cl)c1ccccc1)Nc1ccc(F)cc1F. The minimum Gasteiger partial charge on any atom is -0.345 e. The fourth-order valence-corrected chi connectivity index (χ4v) is 3.02. The van der Waals surface area contributed by atoms with Crippen molar-refractivity contribution in [3.8, 4) is 0 Å². The summed E-state index contributed by atoms with van der Waals surface area (Å²) in [4.78, 5) is 25.1. The van der Waals surface area contributed by atoms with Crippen molar-refractivity contribution in [3.63, 3.8) is 0 Å². The molecule has 148 valence electrons. The molecule has 3 aromatic rings. The summed E-state index contributed by atoms with van der Waals surface area (Å²) in [5.41, 5.74) is 0.836. The van der Waals surface area contributed by atoms with Crippen LogP contribution in [0.1, 0.15) is 28.4 Å². The molecule has 0 aliphatic carbocycles. The molecule has 3 rings (SSSR count). The highest BCUT2D eigenvalue weighted by Gasteiger charge is 2.21. The topological polar surface area (TPSA) is 58.2 Å². The average Bonchev–Trinajstić information content (AvgIpc) is 2.70. The summed E-state index contributed by atoms with van der Waals surface area (Å²) in [6.45, 7) is 0. The number of carbonyl (C=O) groups is 2. The molecule has 0 aromatic heterocycles. The third-order valence-corrected chi connectivity index (χ3v) is 4.55. The normalized spacial score (nSPS) is 11.6. The van der Waals surface area contributed by atoms with Crippen LogP contribution in [-0.2, 0) is 4.79 Å². The van der Waals surface area contributed by atoms with Crippen LogP contribution in [0, 0.1) is 11.6 Å². The molecule has 0 aliphatic rings. The van der Waals surface area contributed by atoms with Crippen molar-refractivity contribution in [2.75, 3.05) is 5.32 Å². The van der Waals surface area contributed by atoms with Gasteiger partial charge in [-0.2, -0.15) is 0 Å². The molecule has 3 aromatic carbocycles. The van der Waals surface area contributed by atoms with Gasteiger partial charge >= 0.3 is 0 Å². The first kappa shape index (κ1) is 20.5. The van der Waals surface area contributed by atoms with E-state index in [4.69, 9.17) is 11.6 Å². The standard InChI is InChI=1S/C22H17ClF2N2O2/c23-17-9-5-4-8-16(17)22(29)27-20(14-6-2-1-3-7-14)13-21(28)26-19-11-10-15(24)12-18(19)25/h1-12,20H,13H2,(H,26,28)(H,27,29)/t20-/m0/s1. The third-order valence-electron chi connectivity index (χ3n) is 4.22. The van der Waals surface area contributed by atoms with Crippen molar-refractivity contribution in [1.29, 1.82) is 0 Å². The van der Waals surface area contributed by atoms with Crippen LogP contribution in [0.3, 0.4) is 0 Å². The molecule has 0 spiro atoms. The first-order chi connectivity index (χ1) is 13.9. The van der Waals surface area contributed by atoms with E-state index in [1.165, 1.54) is 0 Å². The van der Waals surface area contributed by atoms with Gasteiger partial charge in [0.1, 0.15) is 11.6 Å². The number of anilines is 1. The van der Waals surface area contributed by atoms with E-state index in [0.717, 1.165) is 12.1 Å². The summed E-state index contributed by atoms with van der Waals surface area (Å²) >= 11 is 6.08. The molecule has 29 heavy (non-hydrogen) atoms. The molecule has 1 atom stereocenters. The van der Waals surface area contributed by atoms with Crippen molar-refractivity contribution in [2.45, 2.75) is 12.5 Å². The minimum absolute atomic E-state index is 0.138. The number of halogens is 3. The summed E-state index contributed by atoms with van der Waals surface area (Å²) in [7, 11) is 0. The lowest BCUT2D eigenvalue weighted by molar-refractivity contribution is -0.116. The summed E-state index contributed by atoms with van der Waals surface area (Å²) in [5, 5.41) is 5.48. The molecular formula is C22H17ClF2N2O2. The fourth-order valence-electron chi connectivity index (χ4n) is 2.80. The molecule has 0 bridgehead atoms. The van der Waals surface area contributed by atoms with Crippen LogP contribution < -0.4 is 10.6 Å². The minimum atomic E-state index is -0.880. The molecule has 0 radical (unpaired) electrons. The summed E-state index contributed by atoms with van der Waals surface area (Å²) in [6, 6.07) is 17.7. The number of nitrogens with one attached hydrogen (secondary N) is 2. The van der Waals surface area contributed by atoms with E-state index >= 15 is 0 Å². The van der Waals surface area contributed by atoms with Gasteiger partial charge in [-0.15, -0.1) is 0 Å². The predicted octanol–water partition coefficient (Wildman–Crippen LogP) is 5.12. The van der Waals surface area contributed by atoms with E-state index in [-0.39, 0.29) is 22.7 Å². The van der Waals surface area contributed by atoms with Gasteiger partial charge in [0.25, 0.3) is 5.91 Å². The van der Waals surface area contributed by atoms with Crippen LogP contribution in [0.15, 0.2) is 72.8 Å². The largest absolute Gasteiger partial charge is 0.345 e. The van der Waals surface area contributed by atoms with Gasteiger partial charge in [-0.25, -0.2) is 8.78 Å². The molecule has 0 heterocycles. The molecule has 7 heteroatoms. The van der Waals surface area contributed by atoms with Crippen LogP contribution in [-0.4, -0.2) is 11.8 Å². The lowest BCUT2D eigenvalue weighted by atomic mass is 10.0. The first-order valence-corrected chi connectivity index (χ1v) is 9.17. The molecule has 2 amide bonds. The van der Waals surface area contributed by atoms with Crippen LogP contribution >= 0.6 is 11.6 Å². The molecular weight excluding hydrogens is 398 g/mol. The second-order valence-corrected chi connectivity index (χ2v) is 6.70. The predicted molar refractivity (Wildman–Crippen MR) is 108 cm³/mol. The highest BCUT2D eigenvalue weighted by molar-refractivity contribution is 6.33. The Balaban J connectivity index is 1.78. The van der Waals surface area contributed by atoms with Crippen LogP contribution in [0.2, 0.25) is 5.02 Å². The van der Waals surface area contributed by atoms with Gasteiger partial charge < -0.3 is 10.6 Å². The summed E-state index contributed by atoms with van der Waals surface area (Å²) < 4.78 is 26.9. The van der Waals surface area contributed by atoms with Gasteiger partial charge in [0, 0.05) is 6.07 Å². The highest BCUT2D eigenvalue weighted by atomic mass is 35.5. The van der Waals surface area contributed by atoms with Crippen molar-refractivity contribution in [2.24, 2.45) is 0 Å². The first-order valence-electron chi connectivity index (χ1n) is 8.79. The van der Waals surface area contributed by atoms with E-state index in [1.807, 2.05) is 6.07 Å². The van der Waals surface area contributed by atoms with Gasteiger partial charge in [0.2, 0.25) is 5.91 Å². The molecule has 0 unspecified atom stereocenters. The van der Waals surface area contributed by atoms with Gasteiger partial charge in [0.15, 0.2) is 0 Å². The lowest BCUT2D eigenvalue weighted by Gasteiger charge is -2.19. The van der Waals surface area contributed by atoms with Crippen molar-refractivity contribution < 1.29 is 18.4 Å². The molecule has 2 N–H and O–H groups in total. The number of rotatable bonds is 6. The van der Waals surface area contributed by atoms with Gasteiger partial charge in [-0.1, -0.05) is 54.1 Å². The van der Waals surface area contributed by atoms with Crippen molar-refractivity contribution in [3.05, 3.63) is 101 Å². The molecule has 0 aliphatic heterocycles. The second kappa shape index (κ2) is 9.30. The maximum absolute atomic E-state index is 13.8. The van der Waals surface area contributed by atoms with E-state index in [9.17, 15) is 18.4 Å². The van der Waals surface area contributed by atoms with E-state index in [2.05, 4.69) is 10.6 Å². The molecule has 0 fully saturated rings. The maximum atomic E-state index is 13.8. The zero-order valence-corrected chi connectivity index (χ0v) is 15.9. The maximum Gasteiger partial charge on any atom is 0.253 e. The Kier molecular flexibility index (Phi) is 6.57. The van der Waals surface area contributed by atoms with E-state index in [0.29, 0.717) is 11.6 Å². The summed E-state index contributed by atoms with van der Waals surface area (Å²) in [5.74, 6) is -2.60. The number of hydrogen-bond acceptors (Lipinski definition) is 2. The molecule has 0 saturated heterocycles. The van der Waals surface area contributed by atoms with Crippen molar-refractivity contribution in [1.82, 2.24) is 5.32 Å². The number of carbonyl (C=O) groups excluding carboxylic acids is 2. The Labute approximate surface area is 171 Å². The Morgan fingerprint density at radius 3 is 2.31 bits per heavy atom. The Morgan fingerprint density at radius 2 is 1.62 bits per heavy atom. The Hall–Kier alpha value is -3.25. The highest BCUT2D eigenvalue weighted by Crippen LogP contribution is 2.22. The fraction of sp³-hybridized carbons (Fsp3) is 0.0909. The molecule has 4 nitrogen and oxygen atoms in total. The zero-order valence-electron chi connectivity index (χ0n) is 15.2. The smallest absolute Gasteiger partial charge is 0.253 e. The van der Waals surface area contributed by atoms with Crippen LogP contribution in [0.25, 0.3) is 0 Å². The number of hydrogen-bond donors (Lipinski definition) is 2. The monoisotopic (exact) mass is 414 g/mol. The Bertz CT molecular complexity index is 1030. The van der Waals surface area contributed by atoms with Crippen LogP contribution in [0.5, 0.6) is 0 Å². The van der Waals surface area contributed by atoms with Crippen LogP contribution in [0.4, 0.5) is 14.5 Å². The van der Waals surface area contributed by atoms with E-state index < -0.39 is 29.5 Å². The number of benzene rings is 3. The number of amides is 2. The molecule has 0 saturated carbocycles. The van der Waals surface area contributed by atoms with Crippen molar-refractivity contribution >= 4 is 29.1 Å². The second-order valence-electron chi connectivity index (χ2n) is 6.29. The zero-order chi connectivity index (χ0) is 20.8. The lowest BCUT2D eigenvalue weighted by Crippen LogP contribution is -2.31. The van der Waals surface area contributed by atoms with Gasteiger partial charge in [0.05, 0.1) is 28.7 Å². The quantitative estimate of drug-likeness (QED) is 0.588. The van der Waals surface area contributed by atoms with Gasteiger partial charge in [-0.3, -0.25) is 9.59 Å². The third kappa shape index (κ3) is 5.39. The average molecular weight is 415 g/mol. The summed E-state index contributed by atoms with van der Waals surface area (Å²) in [6.07, 6.45) is -0.156. The van der Waals surface area contributed by atoms with E-state index in [1.54, 1.807) is 48.5 Å². The Morgan fingerprint density at radius 1 is 0.931 bits per heavy atom. The van der Waals surface area contributed by atoms with Gasteiger partial charge in [-0.05, 0) is 29.8 Å².